The maximum Gasteiger partial charge on any atom is 0.0387 e. The topological polar surface area (TPSA) is 12.0 Å². The van der Waals surface area contributed by atoms with Gasteiger partial charge in [-0.3, -0.25) is 0 Å². The Morgan fingerprint density at radius 1 is 0.543 bits per heavy atom. The lowest BCUT2D eigenvalue weighted by molar-refractivity contribution is 0.660. The van der Waals surface area contributed by atoms with E-state index in [2.05, 4.69) is 128 Å². The van der Waals surface area contributed by atoms with Crippen molar-refractivity contribution < 1.29 is 0 Å². The zero-order valence-electron chi connectivity index (χ0n) is 19.8. The summed E-state index contributed by atoms with van der Waals surface area (Å²) in [7, 11) is 0. The van der Waals surface area contributed by atoms with Crippen LogP contribution < -0.4 is 5.32 Å². The van der Waals surface area contributed by atoms with Crippen LogP contribution in [0, 0.1) is 0 Å². The minimum absolute atomic E-state index is 0.0126. The van der Waals surface area contributed by atoms with E-state index in [4.69, 9.17) is 0 Å². The Morgan fingerprint density at radius 3 is 2.11 bits per heavy atom. The number of hydrogen-bond acceptors (Lipinski definition) is 2. The highest BCUT2D eigenvalue weighted by Gasteiger charge is 2.35. The van der Waals surface area contributed by atoms with Gasteiger partial charge >= 0.3 is 0 Å². The van der Waals surface area contributed by atoms with Crippen LogP contribution in [0.3, 0.4) is 0 Å². The summed E-state index contributed by atoms with van der Waals surface area (Å²) in [5, 5.41) is 6.31. The first kappa shape index (κ1) is 20.5. The third kappa shape index (κ3) is 3.21. The second-order valence-corrected chi connectivity index (χ2v) is 11.0. The molecule has 0 radical (unpaired) electrons. The highest BCUT2D eigenvalue weighted by Crippen LogP contribution is 2.49. The second-order valence-electron chi connectivity index (χ2n) is 9.94. The average molecular weight is 468 g/mol. The van der Waals surface area contributed by atoms with Gasteiger partial charge in [-0.1, -0.05) is 86.6 Å². The quantitative estimate of drug-likeness (QED) is 0.273. The fourth-order valence-electron chi connectivity index (χ4n) is 5.60. The van der Waals surface area contributed by atoms with Gasteiger partial charge in [0.15, 0.2) is 0 Å². The van der Waals surface area contributed by atoms with Crippen molar-refractivity contribution in [3.05, 3.63) is 120 Å². The summed E-state index contributed by atoms with van der Waals surface area (Å²) in [4.78, 5) is 0. The van der Waals surface area contributed by atoms with Crippen molar-refractivity contribution in [3.63, 3.8) is 0 Å². The minimum Gasteiger partial charge on any atom is -0.356 e. The normalized spacial score (nSPS) is 13.7. The predicted octanol–water partition coefficient (Wildman–Crippen LogP) is 9.77. The maximum absolute atomic E-state index is 3.63. The zero-order valence-corrected chi connectivity index (χ0v) is 20.6. The first-order valence-corrected chi connectivity index (χ1v) is 12.9. The van der Waals surface area contributed by atoms with Crippen LogP contribution in [0.4, 0.5) is 11.4 Å². The summed E-state index contributed by atoms with van der Waals surface area (Å²) in [6, 6.07) is 39.8. The van der Waals surface area contributed by atoms with Gasteiger partial charge in [-0.15, -0.1) is 11.3 Å². The number of fused-ring (bicyclic) bond motifs is 6. The minimum atomic E-state index is 0.0126. The molecule has 5 aromatic carbocycles. The van der Waals surface area contributed by atoms with E-state index in [0.29, 0.717) is 0 Å². The third-order valence-corrected chi connectivity index (χ3v) is 8.60. The SMILES string of the molecule is CC1(C)c2ccccc2-c2ccc(Nc3ccc(-c4ccc5c(c4)sc4ccccc45)cc3)cc21. The molecule has 0 fully saturated rings. The molecule has 0 spiro atoms. The molecule has 168 valence electrons. The third-order valence-electron chi connectivity index (χ3n) is 7.47. The molecular weight excluding hydrogens is 442 g/mol. The highest BCUT2D eigenvalue weighted by atomic mass is 32.1. The molecule has 1 aliphatic carbocycles. The van der Waals surface area contributed by atoms with Crippen molar-refractivity contribution in [1.82, 2.24) is 0 Å². The van der Waals surface area contributed by atoms with Crippen LogP contribution in [-0.2, 0) is 5.41 Å². The van der Waals surface area contributed by atoms with Gasteiger partial charge in [0, 0.05) is 37.0 Å². The van der Waals surface area contributed by atoms with Crippen molar-refractivity contribution in [1.29, 1.82) is 0 Å². The van der Waals surface area contributed by atoms with Crippen LogP contribution in [-0.4, -0.2) is 0 Å². The Bertz CT molecular complexity index is 1740. The Labute approximate surface area is 209 Å². The molecule has 1 aliphatic rings. The molecule has 2 heteroatoms. The van der Waals surface area contributed by atoms with Gasteiger partial charge in [-0.05, 0) is 69.8 Å². The lowest BCUT2D eigenvalue weighted by atomic mass is 9.82. The molecule has 35 heavy (non-hydrogen) atoms. The van der Waals surface area contributed by atoms with Crippen LogP contribution in [0.2, 0.25) is 0 Å². The number of benzene rings is 5. The summed E-state index contributed by atoms with van der Waals surface area (Å²) in [6.45, 7) is 4.65. The summed E-state index contributed by atoms with van der Waals surface area (Å²) in [5.74, 6) is 0. The molecule has 0 unspecified atom stereocenters. The molecule has 6 aromatic rings. The summed E-state index contributed by atoms with van der Waals surface area (Å²) in [6.07, 6.45) is 0. The molecule has 0 saturated carbocycles. The summed E-state index contributed by atoms with van der Waals surface area (Å²) < 4.78 is 2.69. The number of hydrogen-bond donors (Lipinski definition) is 1. The number of rotatable bonds is 3. The zero-order chi connectivity index (χ0) is 23.6. The molecule has 1 aromatic heterocycles. The van der Waals surface area contributed by atoms with E-state index >= 15 is 0 Å². The smallest absolute Gasteiger partial charge is 0.0387 e. The van der Waals surface area contributed by atoms with Crippen molar-refractivity contribution in [2.24, 2.45) is 0 Å². The first-order valence-electron chi connectivity index (χ1n) is 12.1. The molecule has 0 amide bonds. The Hall–Kier alpha value is -3.88. The van der Waals surface area contributed by atoms with Crippen LogP contribution in [0.5, 0.6) is 0 Å². The number of nitrogens with one attached hydrogen (secondary N) is 1. The van der Waals surface area contributed by atoms with Gasteiger partial charge in [0.25, 0.3) is 0 Å². The van der Waals surface area contributed by atoms with E-state index in [1.165, 1.54) is 53.6 Å². The molecule has 7 rings (SSSR count). The molecule has 0 atom stereocenters. The van der Waals surface area contributed by atoms with E-state index in [-0.39, 0.29) is 5.41 Å². The first-order chi connectivity index (χ1) is 17.1. The molecule has 0 bridgehead atoms. The molecule has 1 nitrogen and oxygen atoms in total. The van der Waals surface area contributed by atoms with Crippen molar-refractivity contribution in [3.8, 4) is 22.3 Å². The van der Waals surface area contributed by atoms with Gasteiger partial charge < -0.3 is 5.32 Å². The molecule has 0 saturated heterocycles. The lowest BCUT2D eigenvalue weighted by Gasteiger charge is -2.22. The predicted molar refractivity (Wildman–Crippen MR) is 152 cm³/mol. The fourth-order valence-corrected chi connectivity index (χ4v) is 6.75. The van der Waals surface area contributed by atoms with Crippen LogP contribution in [0.25, 0.3) is 42.4 Å². The van der Waals surface area contributed by atoms with Gasteiger partial charge in [-0.2, -0.15) is 0 Å². The van der Waals surface area contributed by atoms with E-state index in [1.54, 1.807) is 0 Å². The van der Waals surface area contributed by atoms with Crippen LogP contribution in [0.1, 0.15) is 25.0 Å². The molecule has 1 heterocycles. The van der Waals surface area contributed by atoms with E-state index < -0.39 is 0 Å². The Balaban J connectivity index is 1.17. The second kappa shape index (κ2) is 7.56. The highest BCUT2D eigenvalue weighted by molar-refractivity contribution is 7.25. The molecule has 0 aliphatic heterocycles. The lowest BCUT2D eigenvalue weighted by Crippen LogP contribution is -2.15. The number of thiophene rings is 1. The van der Waals surface area contributed by atoms with Crippen molar-refractivity contribution in [2.45, 2.75) is 19.3 Å². The Kier molecular flexibility index (Phi) is 4.43. The fraction of sp³-hybridized carbons (Fsp3) is 0.0909. The Morgan fingerprint density at radius 2 is 1.23 bits per heavy atom. The van der Waals surface area contributed by atoms with Gasteiger partial charge in [0.2, 0.25) is 0 Å². The molecule has 1 N–H and O–H groups in total. The summed E-state index contributed by atoms with van der Waals surface area (Å²) >= 11 is 1.87. The van der Waals surface area contributed by atoms with E-state index in [1.807, 2.05) is 11.3 Å². The van der Waals surface area contributed by atoms with Crippen molar-refractivity contribution in [2.75, 3.05) is 5.32 Å². The maximum atomic E-state index is 3.63. The average Bonchev–Trinajstić information content (AvgIpc) is 3.37. The van der Waals surface area contributed by atoms with Crippen molar-refractivity contribution >= 4 is 42.9 Å². The number of anilines is 2. The van der Waals surface area contributed by atoms with Crippen LogP contribution >= 0.6 is 11.3 Å². The van der Waals surface area contributed by atoms with E-state index in [9.17, 15) is 0 Å². The van der Waals surface area contributed by atoms with Gasteiger partial charge in [-0.25, -0.2) is 0 Å². The standard InChI is InChI=1S/C33H25NS/c1-33(2)29-9-5-3-7-25(29)26-18-16-24(20-30(26)33)34-23-14-11-21(12-15-23)22-13-17-28-27-8-4-6-10-31(27)35-32(28)19-22/h3-20,34H,1-2H3. The van der Waals surface area contributed by atoms with Gasteiger partial charge in [0.05, 0.1) is 0 Å². The molecular formula is C33H25NS. The van der Waals surface area contributed by atoms with Gasteiger partial charge in [0.1, 0.15) is 0 Å². The largest absolute Gasteiger partial charge is 0.356 e. The van der Waals surface area contributed by atoms with Crippen LogP contribution in [0.15, 0.2) is 109 Å². The van der Waals surface area contributed by atoms with E-state index in [0.717, 1.165) is 11.4 Å². The summed E-state index contributed by atoms with van der Waals surface area (Å²) in [5.41, 5.74) is 10.2. The monoisotopic (exact) mass is 467 g/mol.